The first-order valence-electron chi connectivity index (χ1n) is 7.17. The highest BCUT2D eigenvalue weighted by molar-refractivity contribution is 6.02. The fraction of sp³-hybridized carbons (Fsp3) is 0.357. The van der Waals surface area contributed by atoms with Crippen LogP contribution in [0, 0.1) is 0 Å². The topological polar surface area (TPSA) is 122 Å². The van der Waals surface area contributed by atoms with Gasteiger partial charge in [0.05, 0.1) is 11.9 Å². The molecule has 2 amide bonds. The summed E-state index contributed by atoms with van der Waals surface area (Å²) in [6.45, 7) is 2.13. The zero-order valence-corrected chi connectivity index (χ0v) is 13.6. The molecule has 10 heteroatoms. The van der Waals surface area contributed by atoms with Gasteiger partial charge in [0.1, 0.15) is 12.2 Å². The third-order valence-corrected chi connectivity index (χ3v) is 3.19. The van der Waals surface area contributed by atoms with Gasteiger partial charge in [0.25, 0.3) is 5.91 Å². The van der Waals surface area contributed by atoms with Crippen LogP contribution in [0.1, 0.15) is 27.9 Å². The third-order valence-electron chi connectivity index (χ3n) is 3.19. The van der Waals surface area contributed by atoms with Crippen LogP contribution in [0.4, 0.5) is 5.69 Å². The van der Waals surface area contributed by atoms with Crippen LogP contribution < -0.4 is 5.32 Å². The number of hydrogen-bond donors (Lipinski definition) is 2. The van der Waals surface area contributed by atoms with Crippen molar-refractivity contribution in [2.24, 2.45) is 0 Å². The normalized spacial score (nSPS) is 10.5. The molecule has 2 aromatic rings. The molecule has 0 radical (unpaired) electrons. The van der Waals surface area contributed by atoms with Gasteiger partial charge in [-0.1, -0.05) is 0 Å². The lowest BCUT2D eigenvalue weighted by Gasteiger charge is -2.13. The van der Waals surface area contributed by atoms with Crippen molar-refractivity contribution in [1.29, 1.82) is 0 Å². The number of nitrogens with one attached hydrogen (secondary N) is 1. The standard InChI is InChI=1S/C14H18N6O4/c1-4-20-12(13(22)18(2)3)10(7-15-20)16-11(21)8-19-6-5-9(17-19)14(23)24/h5-7H,4,8H2,1-3H3,(H,16,21)(H,23,24). The minimum Gasteiger partial charge on any atom is -0.476 e. The van der Waals surface area contributed by atoms with Crippen molar-refractivity contribution in [1.82, 2.24) is 24.5 Å². The lowest BCUT2D eigenvalue weighted by Crippen LogP contribution is -2.27. The highest BCUT2D eigenvalue weighted by Crippen LogP contribution is 2.17. The lowest BCUT2D eigenvalue weighted by atomic mass is 10.3. The molecule has 0 bridgehead atoms. The largest absolute Gasteiger partial charge is 0.476 e. The van der Waals surface area contributed by atoms with E-state index in [0.29, 0.717) is 12.2 Å². The summed E-state index contributed by atoms with van der Waals surface area (Å²) in [5.74, 6) is -1.90. The zero-order valence-electron chi connectivity index (χ0n) is 13.6. The Labute approximate surface area is 137 Å². The molecule has 0 aromatic carbocycles. The average Bonchev–Trinajstić information content (AvgIpc) is 3.13. The Balaban J connectivity index is 2.15. The van der Waals surface area contributed by atoms with Gasteiger partial charge in [-0.15, -0.1) is 0 Å². The first kappa shape index (κ1) is 17.2. The minimum absolute atomic E-state index is 0.148. The molecular weight excluding hydrogens is 316 g/mol. The molecule has 0 aliphatic rings. The van der Waals surface area contributed by atoms with Crippen molar-refractivity contribution < 1.29 is 19.5 Å². The molecule has 10 nitrogen and oxygen atoms in total. The van der Waals surface area contributed by atoms with E-state index in [1.54, 1.807) is 14.1 Å². The van der Waals surface area contributed by atoms with Gasteiger partial charge in [-0.05, 0) is 13.0 Å². The molecule has 2 heterocycles. The Morgan fingerprint density at radius 2 is 2.04 bits per heavy atom. The van der Waals surface area contributed by atoms with Gasteiger partial charge < -0.3 is 15.3 Å². The van der Waals surface area contributed by atoms with Gasteiger partial charge in [0, 0.05) is 26.8 Å². The van der Waals surface area contributed by atoms with E-state index in [0.717, 1.165) is 0 Å². The minimum atomic E-state index is -1.17. The molecule has 0 fully saturated rings. The smallest absolute Gasteiger partial charge is 0.356 e. The maximum atomic E-state index is 12.3. The number of carboxylic acids is 1. The molecule has 0 saturated carbocycles. The van der Waals surface area contributed by atoms with E-state index < -0.39 is 11.9 Å². The number of anilines is 1. The molecule has 0 saturated heterocycles. The van der Waals surface area contributed by atoms with Gasteiger partial charge in [0.2, 0.25) is 5.91 Å². The van der Waals surface area contributed by atoms with Crippen LogP contribution >= 0.6 is 0 Å². The fourth-order valence-corrected chi connectivity index (χ4v) is 2.05. The number of carboxylic acid groups (broad SMARTS) is 1. The van der Waals surface area contributed by atoms with E-state index in [1.165, 1.54) is 32.7 Å². The molecule has 0 aliphatic carbocycles. The van der Waals surface area contributed by atoms with Gasteiger partial charge >= 0.3 is 5.97 Å². The number of carbonyl (C=O) groups is 3. The van der Waals surface area contributed by atoms with Gasteiger partial charge in [0.15, 0.2) is 5.69 Å². The van der Waals surface area contributed by atoms with E-state index in [1.807, 2.05) is 6.92 Å². The van der Waals surface area contributed by atoms with Crippen LogP contribution in [0.3, 0.4) is 0 Å². The second-order valence-electron chi connectivity index (χ2n) is 5.17. The van der Waals surface area contributed by atoms with Crippen molar-refractivity contribution in [2.45, 2.75) is 20.0 Å². The number of aromatic nitrogens is 4. The summed E-state index contributed by atoms with van der Waals surface area (Å²) in [6.07, 6.45) is 2.80. The first-order chi connectivity index (χ1) is 11.3. The molecule has 2 aromatic heterocycles. The van der Waals surface area contributed by atoms with Crippen LogP contribution in [0.15, 0.2) is 18.5 Å². The van der Waals surface area contributed by atoms with E-state index in [2.05, 4.69) is 15.5 Å². The third kappa shape index (κ3) is 3.59. The Kier molecular flexibility index (Phi) is 4.97. The summed E-state index contributed by atoms with van der Waals surface area (Å²) in [5, 5.41) is 19.3. The number of aromatic carboxylic acids is 1. The number of carbonyl (C=O) groups excluding carboxylic acids is 2. The Bertz CT molecular complexity index is 776. The van der Waals surface area contributed by atoms with Crippen LogP contribution in [0.25, 0.3) is 0 Å². The fourth-order valence-electron chi connectivity index (χ4n) is 2.05. The van der Waals surface area contributed by atoms with Crippen molar-refractivity contribution in [3.63, 3.8) is 0 Å². The summed E-state index contributed by atoms with van der Waals surface area (Å²) in [6, 6.07) is 1.30. The van der Waals surface area contributed by atoms with Crippen LogP contribution in [-0.4, -0.2) is 61.4 Å². The monoisotopic (exact) mass is 334 g/mol. The highest BCUT2D eigenvalue weighted by Gasteiger charge is 2.21. The summed E-state index contributed by atoms with van der Waals surface area (Å²) >= 11 is 0. The number of hydrogen-bond acceptors (Lipinski definition) is 5. The van der Waals surface area contributed by atoms with Crippen LogP contribution in [0.5, 0.6) is 0 Å². The van der Waals surface area contributed by atoms with E-state index >= 15 is 0 Å². The molecule has 2 N–H and O–H groups in total. The Morgan fingerprint density at radius 1 is 1.33 bits per heavy atom. The van der Waals surface area contributed by atoms with E-state index in [4.69, 9.17) is 5.11 Å². The van der Waals surface area contributed by atoms with Gasteiger partial charge in [-0.2, -0.15) is 10.2 Å². The predicted octanol–water partition coefficient (Wildman–Crippen LogP) is 0.138. The molecular formula is C14H18N6O4. The van der Waals surface area contributed by atoms with Crippen molar-refractivity contribution in [3.05, 3.63) is 29.8 Å². The SMILES string of the molecule is CCn1ncc(NC(=O)Cn2ccc(C(=O)O)n2)c1C(=O)N(C)C. The second-order valence-corrected chi connectivity index (χ2v) is 5.17. The summed E-state index contributed by atoms with van der Waals surface area (Å²) < 4.78 is 2.70. The quantitative estimate of drug-likeness (QED) is 0.774. The van der Waals surface area contributed by atoms with Crippen molar-refractivity contribution in [3.8, 4) is 0 Å². The molecule has 0 aliphatic heterocycles. The van der Waals surface area contributed by atoms with Crippen LogP contribution in [0.2, 0.25) is 0 Å². The molecule has 2 rings (SSSR count). The number of amides is 2. The first-order valence-corrected chi connectivity index (χ1v) is 7.17. The lowest BCUT2D eigenvalue weighted by molar-refractivity contribution is -0.116. The summed E-state index contributed by atoms with van der Waals surface area (Å²) in [5.41, 5.74) is 0.429. The molecule has 0 atom stereocenters. The van der Waals surface area contributed by atoms with E-state index in [9.17, 15) is 14.4 Å². The van der Waals surface area contributed by atoms with Gasteiger partial charge in [-0.25, -0.2) is 4.79 Å². The Morgan fingerprint density at radius 3 is 2.58 bits per heavy atom. The van der Waals surface area contributed by atoms with Crippen molar-refractivity contribution in [2.75, 3.05) is 19.4 Å². The Hall–Kier alpha value is -3.17. The maximum Gasteiger partial charge on any atom is 0.356 e. The number of nitrogens with zero attached hydrogens (tertiary/aromatic N) is 5. The molecule has 128 valence electrons. The molecule has 24 heavy (non-hydrogen) atoms. The zero-order chi connectivity index (χ0) is 17.9. The summed E-state index contributed by atoms with van der Waals surface area (Å²) in [7, 11) is 3.22. The average molecular weight is 334 g/mol. The highest BCUT2D eigenvalue weighted by atomic mass is 16.4. The molecule has 0 spiro atoms. The van der Waals surface area contributed by atoms with Crippen molar-refractivity contribution >= 4 is 23.5 Å². The molecule has 0 unspecified atom stereocenters. The predicted molar refractivity (Wildman–Crippen MR) is 83.7 cm³/mol. The second kappa shape index (κ2) is 6.94. The summed E-state index contributed by atoms with van der Waals surface area (Å²) in [4.78, 5) is 36.6. The van der Waals surface area contributed by atoms with E-state index in [-0.39, 0.29) is 23.8 Å². The number of rotatable bonds is 6. The number of aryl methyl sites for hydroxylation is 1. The maximum absolute atomic E-state index is 12.3. The van der Waals surface area contributed by atoms with Gasteiger partial charge in [-0.3, -0.25) is 19.0 Å². The van der Waals surface area contributed by atoms with Crippen LogP contribution in [-0.2, 0) is 17.9 Å².